The van der Waals surface area contributed by atoms with E-state index in [1.54, 1.807) is 24.3 Å². The predicted octanol–water partition coefficient (Wildman–Crippen LogP) is 5.45. The minimum Gasteiger partial charge on any atom is -0.496 e. The van der Waals surface area contributed by atoms with Gasteiger partial charge in [-0.2, -0.15) is 0 Å². The molecule has 34 heavy (non-hydrogen) atoms. The van der Waals surface area contributed by atoms with Crippen LogP contribution in [0.4, 0.5) is 0 Å². The lowest BCUT2D eigenvalue weighted by Crippen LogP contribution is -2.12. The number of benzene rings is 2. The molecule has 0 saturated heterocycles. The summed E-state index contributed by atoms with van der Waals surface area (Å²) in [5.41, 5.74) is 0.493. The van der Waals surface area contributed by atoms with E-state index in [1.165, 1.54) is 35.5 Å². The van der Waals surface area contributed by atoms with Crippen LogP contribution in [0.2, 0.25) is 0 Å². The molecule has 0 fully saturated rings. The molecule has 0 aliphatic heterocycles. The Labute approximate surface area is 206 Å². The summed E-state index contributed by atoms with van der Waals surface area (Å²) >= 11 is 3.43. The zero-order valence-corrected chi connectivity index (χ0v) is 21.6. The van der Waals surface area contributed by atoms with Gasteiger partial charge in [0.25, 0.3) is 0 Å². The van der Waals surface area contributed by atoms with Crippen LogP contribution in [0.15, 0.2) is 33.5 Å². The van der Waals surface area contributed by atoms with Crippen molar-refractivity contribution in [1.82, 2.24) is 0 Å². The lowest BCUT2D eigenvalue weighted by Gasteiger charge is -2.17. The number of unbranched alkanes of at least 4 members (excludes halogenated alkanes) is 2. The highest BCUT2D eigenvalue weighted by Gasteiger charge is 2.24. The number of ether oxygens (including phenoxy) is 6. The number of alkyl halides is 1. The minimum absolute atomic E-state index is 0.0871. The van der Waals surface area contributed by atoms with Crippen molar-refractivity contribution < 1.29 is 32.8 Å². The molecule has 0 N–H and O–H groups in total. The van der Waals surface area contributed by atoms with Gasteiger partial charge < -0.3 is 32.8 Å². The highest BCUT2D eigenvalue weighted by atomic mass is 79.9. The summed E-state index contributed by atoms with van der Waals surface area (Å²) in [5, 5.41) is 1.19. The summed E-state index contributed by atoms with van der Waals surface area (Å²) < 4.78 is 39.5. The molecule has 0 radical (unpaired) electrons. The fourth-order valence-corrected chi connectivity index (χ4v) is 4.00. The topological polar surface area (TPSA) is 85.6 Å². The van der Waals surface area contributed by atoms with Crippen LogP contribution < -0.4 is 33.8 Å². The molecule has 0 bridgehead atoms. The minimum atomic E-state index is -0.343. The lowest BCUT2D eigenvalue weighted by molar-refractivity contribution is 0.298. The largest absolute Gasteiger partial charge is 0.496 e. The second-order valence-corrected chi connectivity index (χ2v) is 8.10. The molecular weight excluding hydrogens is 508 g/mol. The highest BCUT2D eigenvalue weighted by Crippen LogP contribution is 2.44. The van der Waals surface area contributed by atoms with Crippen molar-refractivity contribution in [2.24, 2.45) is 0 Å². The van der Waals surface area contributed by atoms with Crippen molar-refractivity contribution in [3.05, 3.63) is 34.5 Å². The molecule has 3 rings (SSSR count). The Morgan fingerprint density at radius 1 is 0.765 bits per heavy atom. The maximum absolute atomic E-state index is 13.7. The van der Waals surface area contributed by atoms with E-state index in [0.717, 1.165) is 24.6 Å². The quantitative estimate of drug-likeness (QED) is 0.223. The number of hydrogen-bond acceptors (Lipinski definition) is 8. The third kappa shape index (κ3) is 5.19. The Balaban J connectivity index is 2.26. The molecule has 0 saturated carbocycles. The van der Waals surface area contributed by atoms with Gasteiger partial charge in [0.15, 0.2) is 17.3 Å². The number of halogens is 1. The van der Waals surface area contributed by atoms with Crippen LogP contribution in [0.1, 0.15) is 19.3 Å². The Morgan fingerprint density at radius 2 is 1.44 bits per heavy atom. The van der Waals surface area contributed by atoms with Gasteiger partial charge in [-0.15, -0.1) is 0 Å². The first kappa shape index (κ1) is 25.6. The molecule has 0 unspecified atom stereocenters. The van der Waals surface area contributed by atoms with E-state index in [4.69, 9.17) is 32.8 Å². The summed E-state index contributed by atoms with van der Waals surface area (Å²) in [7, 11) is 7.59. The molecule has 0 atom stereocenters. The van der Waals surface area contributed by atoms with Crippen molar-refractivity contribution in [2.45, 2.75) is 19.3 Å². The molecule has 3 aromatic rings. The Kier molecular flexibility index (Phi) is 8.92. The number of hydrogen-bond donors (Lipinski definition) is 0. The van der Waals surface area contributed by atoms with Gasteiger partial charge in [-0.05, 0) is 31.4 Å². The predicted molar refractivity (Wildman–Crippen MR) is 134 cm³/mol. The highest BCUT2D eigenvalue weighted by molar-refractivity contribution is 9.09. The van der Waals surface area contributed by atoms with Crippen LogP contribution in [0.3, 0.4) is 0 Å². The van der Waals surface area contributed by atoms with Gasteiger partial charge in [-0.1, -0.05) is 15.9 Å². The van der Waals surface area contributed by atoms with Gasteiger partial charge >= 0.3 is 0 Å². The van der Waals surface area contributed by atoms with Gasteiger partial charge in [0.05, 0.1) is 42.2 Å². The Morgan fingerprint density at radius 3 is 2.00 bits per heavy atom. The van der Waals surface area contributed by atoms with Crippen LogP contribution in [0, 0.1) is 0 Å². The zero-order valence-electron chi connectivity index (χ0n) is 20.0. The summed E-state index contributed by atoms with van der Waals surface area (Å²) in [6.07, 6.45) is 2.77. The molecule has 8 nitrogen and oxygen atoms in total. The van der Waals surface area contributed by atoms with E-state index in [9.17, 15) is 4.79 Å². The average Bonchev–Trinajstić information content (AvgIpc) is 2.87. The zero-order chi connectivity index (χ0) is 24.7. The van der Waals surface area contributed by atoms with Crippen LogP contribution >= 0.6 is 15.9 Å². The second-order valence-electron chi connectivity index (χ2n) is 7.30. The number of fused-ring (bicyclic) bond motifs is 1. The average molecular weight is 537 g/mol. The Hall–Kier alpha value is -3.07. The molecule has 1 aromatic heterocycles. The van der Waals surface area contributed by atoms with Crippen LogP contribution in [0.25, 0.3) is 22.3 Å². The van der Waals surface area contributed by atoms with Crippen molar-refractivity contribution >= 4 is 26.9 Å². The van der Waals surface area contributed by atoms with Gasteiger partial charge in [0.1, 0.15) is 22.5 Å². The molecule has 0 aliphatic rings. The molecule has 0 amide bonds. The van der Waals surface area contributed by atoms with Crippen molar-refractivity contribution in [2.75, 3.05) is 47.5 Å². The van der Waals surface area contributed by atoms with Gasteiger partial charge in [0, 0.05) is 23.0 Å². The van der Waals surface area contributed by atoms with Gasteiger partial charge in [0.2, 0.25) is 16.9 Å². The standard InChI is InChI=1S/C25H29BrO8/c1-28-16-13-17(29-2)21-18(14-16)34-23(25(22(21)27)33-10-8-6-7-9-26)15-11-19(30-3)24(32-5)20(12-15)31-4/h11-14H,6-10H2,1-5H3. The smallest absolute Gasteiger partial charge is 0.239 e. The van der Waals surface area contributed by atoms with E-state index in [-0.39, 0.29) is 22.3 Å². The summed E-state index contributed by atoms with van der Waals surface area (Å²) in [5.74, 6) is 2.43. The van der Waals surface area contributed by atoms with Crippen LogP contribution in [-0.2, 0) is 0 Å². The first-order chi connectivity index (χ1) is 16.5. The number of methoxy groups -OCH3 is 5. The van der Waals surface area contributed by atoms with Crippen molar-refractivity contribution in [3.63, 3.8) is 0 Å². The molecule has 0 spiro atoms. The molecule has 1 heterocycles. The third-order valence-electron chi connectivity index (χ3n) is 5.30. The van der Waals surface area contributed by atoms with E-state index in [1.807, 2.05) is 0 Å². The summed E-state index contributed by atoms with van der Waals surface area (Å²) in [6.45, 7) is 0.360. The maximum atomic E-state index is 13.7. The van der Waals surface area contributed by atoms with Gasteiger partial charge in [-0.3, -0.25) is 4.79 Å². The lowest BCUT2D eigenvalue weighted by atomic mass is 10.1. The van der Waals surface area contributed by atoms with Crippen molar-refractivity contribution in [3.8, 4) is 45.8 Å². The molecule has 2 aromatic carbocycles. The molecular formula is C25H29BrO8. The van der Waals surface area contributed by atoms with Crippen molar-refractivity contribution in [1.29, 1.82) is 0 Å². The normalized spacial score (nSPS) is 10.8. The molecule has 0 aliphatic carbocycles. The van der Waals surface area contributed by atoms with Crippen LogP contribution in [0.5, 0.6) is 34.5 Å². The monoisotopic (exact) mass is 536 g/mol. The summed E-state index contributed by atoms with van der Waals surface area (Å²) in [4.78, 5) is 13.7. The SMILES string of the molecule is COc1cc(OC)c2c(=O)c(OCCCCCBr)c(-c3cc(OC)c(OC)c(OC)c3)oc2c1. The third-order valence-corrected chi connectivity index (χ3v) is 5.86. The Bertz CT molecular complexity index is 1160. The second kappa shape index (κ2) is 11.9. The van der Waals surface area contributed by atoms with Gasteiger partial charge in [-0.25, -0.2) is 0 Å². The summed E-state index contributed by atoms with van der Waals surface area (Å²) in [6, 6.07) is 6.69. The molecule has 9 heteroatoms. The number of rotatable bonds is 12. The maximum Gasteiger partial charge on any atom is 0.239 e. The first-order valence-corrected chi connectivity index (χ1v) is 11.9. The van der Waals surface area contributed by atoms with E-state index in [0.29, 0.717) is 46.5 Å². The first-order valence-electron chi connectivity index (χ1n) is 10.7. The van der Waals surface area contributed by atoms with E-state index in [2.05, 4.69) is 15.9 Å². The fraction of sp³-hybridized carbons (Fsp3) is 0.400. The fourth-order valence-electron chi connectivity index (χ4n) is 3.60. The van der Waals surface area contributed by atoms with E-state index < -0.39 is 0 Å². The van der Waals surface area contributed by atoms with E-state index >= 15 is 0 Å². The van der Waals surface area contributed by atoms with Crippen LogP contribution in [-0.4, -0.2) is 47.5 Å². The molecule has 184 valence electrons.